The maximum atomic E-state index is 14.5. The van der Waals surface area contributed by atoms with E-state index in [1.807, 2.05) is 31.2 Å². The van der Waals surface area contributed by atoms with Gasteiger partial charge in [-0.2, -0.15) is 0 Å². The van der Waals surface area contributed by atoms with Gasteiger partial charge in [-0.15, -0.1) is 0 Å². The molecular formula is C18H18BrFN4O. The highest BCUT2D eigenvalue weighted by molar-refractivity contribution is 9.10. The van der Waals surface area contributed by atoms with Crippen LogP contribution in [-0.2, 0) is 6.42 Å². The van der Waals surface area contributed by atoms with Gasteiger partial charge in [-0.05, 0) is 43.2 Å². The second-order valence-electron chi connectivity index (χ2n) is 5.76. The molecule has 3 N–H and O–H groups in total. The summed E-state index contributed by atoms with van der Waals surface area (Å²) in [4.78, 5) is 12.0. The largest absolute Gasteiger partial charge is 0.341 e. The van der Waals surface area contributed by atoms with E-state index in [1.165, 1.54) is 0 Å². The predicted octanol–water partition coefficient (Wildman–Crippen LogP) is 4.78. The lowest BCUT2D eigenvalue weighted by atomic mass is 10.1. The minimum Gasteiger partial charge on any atom is -0.341 e. The van der Waals surface area contributed by atoms with E-state index in [-0.39, 0.29) is 17.2 Å². The normalized spacial score (nSPS) is 12.0. The van der Waals surface area contributed by atoms with Gasteiger partial charge in [0.1, 0.15) is 11.3 Å². The van der Waals surface area contributed by atoms with Crippen LogP contribution >= 0.6 is 15.9 Å². The fourth-order valence-electron chi connectivity index (χ4n) is 2.68. The van der Waals surface area contributed by atoms with Gasteiger partial charge >= 0.3 is 0 Å². The van der Waals surface area contributed by atoms with E-state index in [0.717, 1.165) is 17.3 Å². The Labute approximate surface area is 153 Å². The highest BCUT2D eigenvalue weighted by Gasteiger charge is 2.18. The van der Waals surface area contributed by atoms with Gasteiger partial charge in [-0.1, -0.05) is 28.9 Å². The fourth-order valence-corrected chi connectivity index (χ4v) is 3.06. The van der Waals surface area contributed by atoms with Crippen molar-refractivity contribution in [2.75, 3.05) is 0 Å². The molecule has 0 aliphatic rings. The Morgan fingerprint density at radius 3 is 2.88 bits per heavy atom. The SMILES string of the molecule is CCCc1nc2c(F)c(C)cc(C(=Nc3cccc(Br)c3)NO)c2[nH]1. The molecule has 0 saturated carbocycles. The summed E-state index contributed by atoms with van der Waals surface area (Å²) in [5, 5.41) is 9.62. The number of fused-ring (bicyclic) bond motifs is 1. The molecule has 0 aliphatic heterocycles. The third kappa shape index (κ3) is 3.57. The predicted molar refractivity (Wildman–Crippen MR) is 100 cm³/mol. The van der Waals surface area contributed by atoms with Crippen LogP contribution in [0.1, 0.15) is 30.3 Å². The summed E-state index contributed by atoms with van der Waals surface area (Å²) in [6.45, 7) is 3.70. The molecule has 0 fully saturated rings. The van der Waals surface area contributed by atoms with Crippen LogP contribution in [-0.4, -0.2) is 21.0 Å². The van der Waals surface area contributed by atoms with Crippen LogP contribution in [0.15, 0.2) is 39.8 Å². The molecule has 3 aromatic rings. The molecule has 130 valence electrons. The fraction of sp³-hybridized carbons (Fsp3) is 0.222. The van der Waals surface area contributed by atoms with Crippen molar-refractivity contribution < 1.29 is 9.60 Å². The van der Waals surface area contributed by atoms with E-state index in [9.17, 15) is 9.60 Å². The third-order valence-electron chi connectivity index (χ3n) is 3.83. The van der Waals surface area contributed by atoms with Gasteiger partial charge in [0.2, 0.25) is 0 Å². The first-order valence-electron chi connectivity index (χ1n) is 7.96. The van der Waals surface area contributed by atoms with Gasteiger partial charge in [-0.3, -0.25) is 10.7 Å². The van der Waals surface area contributed by atoms with Crippen molar-refractivity contribution in [2.24, 2.45) is 4.99 Å². The summed E-state index contributed by atoms with van der Waals surface area (Å²) in [7, 11) is 0. The molecule has 0 unspecified atom stereocenters. The number of hydroxylamine groups is 1. The van der Waals surface area contributed by atoms with Gasteiger partial charge in [-0.25, -0.2) is 14.4 Å². The number of aromatic amines is 1. The number of aromatic nitrogens is 2. The van der Waals surface area contributed by atoms with Crippen molar-refractivity contribution in [2.45, 2.75) is 26.7 Å². The van der Waals surface area contributed by atoms with Gasteiger partial charge in [0.25, 0.3) is 0 Å². The summed E-state index contributed by atoms with van der Waals surface area (Å²) < 4.78 is 15.3. The lowest BCUT2D eigenvalue weighted by Gasteiger charge is -2.09. The second-order valence-corrected chi connectivity index (χ2v) is 6.68. The molecule has 2 aromatic carbocycles. The Bertz CT molecular complexity index is 952. The Hall–Kier alpha value is -2.25. The summed E-state index contributed by atoms with van der Waals surface area (Å²) >= 11 is 3.39. The number of hydrogen-bond acceptors (Lipinski definition) is 3. The van der Waals surface area contributed by atoms with Crippen LogP contribution in [0.2, 0.25) is 0 Å². The van der Waals surface area contributed by atoms with E-state index in [2.05, 4.69) is 36.4 Å². The summed E-state index contributed by atoms with van der Waals surface area (Å²) in [5.74, 6) is 0.568. The topological polar surface area (TPSA) is 73.3 Å². The first kappa shape index (κ1) is 17.6. The summed E-state index contributed by atoms with van der Waals surface area (Å²) in [6, 6.07) is 9.01. The van der Waals surface area contributed by atoms with Gasteiger partial charge < -0.3 is 4.98 Å². The van der Waals surface area contributed by atoms with Crippen LogP contribution in [0.25, 0.3) is 11.0 Å². The third-order valence-corrected chi connectivity index (χ3v) is 4.33. The van der Waals surface area contributed by atoms with E-state index in [1.54, 1.807) is 13.0 Å². The van der Waals surface area contributed by atoms with Crippen molar-refractivity contribution in [3.8, 4) is 0 Å². The molecular weight excluding hydrogens is 387 g/mol. The van der Waals surface area contributed by atoms with Crippen LogP contribution in [0, 0.1) is 12.7 Å². The average Bonchev–Trinajstić information content (AvgIpc) is 3.01. The molecule has 0 atom stereocenters. The number of nitrogens with one attached hydrogen (secondary N) is 2. The van der Waals surface area contributed by atoms with Crippen molar-refractivity contribution in [1.29, 1.82) is 0 Å². The molecule has 7 heteroatoms. The molecule has 0 radical (unpaired) electrons. The lowest BCUT2D eigenvalue weighted by molar-refractivity contribution is 0.235. The molecule has 1 heterocycles. The second kappa shape index (κ2) is 7.33. The highest BCUT2D eigenvalue weighted by Crippen LogP contribution is 2.26. The Morgan fingerprint density at radius 2 is 2.20 bits per heavy atom. The van der Waals surface area contributed by atoms with Crippen LogP contribution < -0.4 is 5.48 Å². The average molecular weight is 405 g/mol. The first-order valence-corrected chi connectivity index (χ1v) is 8.75. The monoisotopic (exact) mass is 404 g/mol. The zero-order chi connectivity index (χ0) is 18.0. The number of H-pyrrole nitrogens is 1. The quantitative estimate of drug-likeness (QED) is 0.332. The number of benzene rings is 2. The Balaban J connectivity index is 2.19. The highest BCUT2D eigenvalue weighted by atomic mass is 79.9. The van der Waals surface area contributed by atoms with Crippen LogP contribution in [0.4, 0.5) is 10.1 Å². The Morgan fingerprint density at radius 1 is 1.40 bits per heavy atom. The van der Waals surface area contributed by atoms with Gasteiger partial charge in [0.15, 0.2) is 11.7 Å². The van der Waals surface area contributed by atoms with Crippen molar-refractivity contribution >= 4 is 38.5 Å². The number of aryl methyl sites for hydroxylation is 2. The number of amidine groups is 1. The van der Waals surface area contributed by atoms with Crippen LogP contribution in [0.5, 0.6) is 0 Å². The number of halogens is 2. The van der Waals surface area contributed by atoms with Crippen molar-refractivity contribution in [3.63, 3.8) is 0 Å². The van der Waals surface area contributed by atoms with Crippen LogP contribution in [0.3, 0.4) is 0 Å². The first-order chi connectivity index (χ1) is 12.0. The molecule has 3 rings (SSSR count). The van der Waals surface area contributed by atoms with Gasteiger partial charge in [0, 0.05) is 16.5 Å². The zero-order valence-electron chi connectivity index (χ0n) is 13.9. The number of nitrogens with zero attached hydrogens (tertiary/aromatic N) is 2. The van der Waals surface area contributed by atoms with E-state index >= 15 is 0 Å². The maximum Gasteiger partial charge on any atom is 0.159 e. The molecule has 0 amide bonds. The smallest absolute Gasteiger partial charge is 0.159 e. The maximum absolute atomic E-state index is 14.5. The van der Waals surface area contributed by atoms with E-state index in [4.69, 9.17) is 0 Å². The van der Waals surface area contributed by atoms with Crippen molar-refractivity contribution in [3.05, 3.63) is 57.6 Å². The Kier molecular flexibility index (Phi) is 5.15. The molecule has 0 saturated heterocycles. The molecule has 0 aliphatic carbocycles. The molecule has 0 spiro atoms. The minimum absolute atomic E-state index is 0.220. The van der Waals surface area contributed by atoms with E-state index in [0.29, 0.717) is 28.2 Å². The molecule has 5 nitrogen and oxygen atoms in total. The lowest BCUT2D eigenvalue weighted by Crippen LogP contribution is -2.21. The zero-order valence-corrected chi connectivity index (χ0v) is 15.5. The summed E-state index contributed by atoms with van der Waals surface area (Å²) in [5.41, 5.74) is 4.55. The number of rotatable bonds is 4. The molecule has 0 bridgehead atoms. The molecule has 1 aromatic heterocycles. The number of imidazole rings is 1. The minimum atomic E-state index is -0.364. The molecule has 25 heavy (non-hydrogen) atoms. The number of aliphatic imine (C=N–C) groups is 1. The standard InChI is InChI=1S/C18H18BrFN4O/c1-3-5-14-22-16-13(8-10(2)15(20)17(16)23-14)18(24-25)21-12-7-4-6-11(19)9-12/h4,6-9,25H,3,5H2,1-2H3,(H,21,24)(H,22,23). The van der Waals surface area contributed by atoms with Gasteiger partial charge in [0.05, 0.1) is 11.2 Å². The number of hydrogen-bond donors (Lipinski definition) is 3. The van der Waals surface area contributed by atoms with Crippen molar-refractivity contribution in [1.82, 2.24) is 15.4 Å². The van der Waals surface area contributed by atoms with E-state index < -0.39 is 0 Å². The summed E-state index contributed by atoms with van der Waals surface area (Å²) in [6.07, 6.45) is 1.62.